The highest BCUT2D eigenvalue weighted by molar-refractivity contribution is 5.84. The van der Waals surface area contributed by atoms with Crippen LogP contribution >= 0.6 is 0 Å². The Bertz CT molecular complexity index is 588. The molecule has 72 valence electrons. The maximum Gasteiger partial charge on any atom is 0.222 e. The van der Waals surface area contributed by atoms with Crippen molar-refractivity contribution in [1.29, 1.82) is 0 Å². The van der Waals surface area contributed by atoms with Crippen LogP contribution in [0.15, 0.2) is 36.5 Å². The van der Waals surface area contributed by atoms with E-state index in [4.69, 9.17) is 0 Å². The van der Waals surface area contributed by atoms with E-state index in [0.29, 0.717) is 5.82 Å². The molecule has 1 N–H and O–H groups in total. The molecule has 0 saturated carbocycles. The van der Waals surface area contributed by atoms with Crippen LogP contribution in [0.2, 0.25) is 0 Å². The van der Waals surface area contributed by atoms with Gasteiger partial charge in [0.1, 0.15) is 5.69 Å². The SMILES string of the molecule is c1ccc2cc(-c3nn[nH]n3)ncc2c1. The fourth-order valence-corrected chi connectivity index (χ4v) is 1.48. The van der Waals surface area contributed by atoms with Crippen LogP contribution < -0.4 is 0 Å². The number of hydrogen-bond donors (Lipinski definition) is 1. The van der Waals surface area contributed by atoms with Crippen LogP contribution in [0, 0.1) is 0 Å². The van der Waals surface area contributed by atoms with E-state index in [0.717, 1.165) is 16.5 Å². The van der Waals surface area contributed by atoms with E-state index in [-0.39, 0.29) is 0 Å². The van der Waals surface area contributed by atoms with Crippen LogP contribution in [0.25, 0.3) is 22.3 Å². The zero-order valence-corrected chi connectivity index (χ0v) is 7.75. The van der Waals surface area contributed by atoms with Crippen molar-refractivity contribution >= 4 is 10.8 Å². The summed E-state index contributed by atoms with van der Waals surface area (Å²) in [5.74, 6) is 0.515. The first kappa shape index (κ1) is 8.05. The third kappa shape index (κ3) is 1.34. The van der Waals surface area contributed by atoms with E-state index < -0.39 is 0 Å². The molecule has 0 fully saturated rings. The van der Waals surface area contributed by atoms with Gasteiger partial charge < -0.3 is 0 Å². The fourth-order valence-electron chi connectivity index (χ4n) is 1.48. The van der Waals surface area contributed by atoms with Crippen molar-refractivity contribution in [3.05, 3.63) is 36.5 Å². The third-order valence-electron chi connectivity index (χ3n) is 2.21. The first-order valence-electron chi connectivity index (χ1n) is 4.52. The minimum absolute atomic E-state index is 0.515. The Morgan fingerprint density at radius 2 is 1.93 bits per heavy atom. The van der Waals surface area contributed by atoms with Gasteiger partial charge >= 0.3 is 0 Å². The molecule has 2 aromatic heterocycles. The average molecular weight is 197 g/mol. The van der Waals surface area contributed by atoms with Gasteiger partial charge in [0.05, 0.1) is 0 Å². The molecule has 5 heteroatoms. The monoisotopic (exact) mass is 197 g/mol. The molecule has 0 aliphatic heterocycles. The van der Waals surface area contributed by atoms with Crippen LogP contribution in [0.3, 0.4) is 0 Å². The number of nitrogens with one attached hydrogen (secondary N) is 1. The quantitative estimate of drug-likeness (QED) is 0.640. The van der Waals surface area contributed by atoms with Crippen molar-refractivity contribution in [3.63, 3.8) is 0 Å². The molecule has 0 aliphatic carbocycles. The molecule has 0 atom stereocenters. The van der Waals surface area contributed by atoms with E-state index in [9.17, 15) is 0 Å². The molecule has 1 aromatic carbocycles. The summed E-state index contributed by atoms with van der Waals surface area (Å²) in [5.41, 5.74) is 0.724. The molecule has 3 rings (SSSR count). The highest BCUT2D eigenvalue weighted by Gasteiger charge is 2.04. The number of rotatable bonds is 1. The summed E-state index contributed by atoms with van der Waals surface area (Å²) in [7, 11) is 0. The zero-order chi connectivity index (χ0) is 10.1. The van der Waals surface area contributed by atoms with Crippen molar-refractivity contribution in [2.45, 2.75) is 0 Å². The van der Waals surface area contributed by atoms with Gasteiger partial charge in [-0.05, 0) is 16.7 Å². The van der Waals surface area contributed by atoms with Crippen molar-refractivity contribution < 1.29 is 0 Å². The number of nitrogens with zero attached hydrogens (tertiary/aromatic N) is 4. The normalized spacial score (nSPS) is 10.7. The van der Waals surface area contributed by atoms with E-state index in [1.54, 1.807) is 6.20 Å². The van der Waals surface area contributed by atoms with Crippen LogP contribution in [0.4, 0.5) is 0 Å². The van der Waals surface area contributed by atoms with Gasteiger partial charge in [-0.2, -0.15) is 5.21 Å². The summed E-state index contributed by atoms with van der Waals surface area (Å²) < 4.78 is 0. The second-order valence-corrected chi connectivity index (χ2v) is 3.15. The summed E-state index contributed by atoms with van der Waals surface area (Å²) in [4.78, 5) is 4.26. The highest BCUT2D eigenvalue weighted by atomic mass is 15.5. The van der Waals surface area contributed by atoms with Crippen molar-refractivity contribution in [2.75, 3.05) is 0 Å². The number of benzene rings is 1. The average Bonchev–Trinajstić information content (AvgIpc) is 2.82. The number of hydrogen-bond acceptors (Lipinski definition) is 4. The molecule has 0 bridgehead atoms. The Balaban J connectivity index is 2.22. The lowest BCUT2D eigenvalue weighted by atomic mass is 10.1. The maximum atomic E-state index is 4.26. The zero-order valence-electron chi connectivity index (χ0n) is 7.75. The summed E-state index contributed by atoms with van der Waals surface area (Å²) >= 11 is 0. The molecule has 0 aliphatic rings. The van der Waals surface area contributed by atoms with Crippen LogP contribution in [0.5, 0.6) is 0 Å². The van der Waals surface area contributed by atoms with Gasteiger partial charge in [0.25, 0.3) is 0 Å². The number of tetrazole rings is 1. The van der Waals surface area contributed by atoms with Gasteiger partial charge in [-0.3, -0.25) is 4.98 Å². The summed E-state index contributed by atoms with van der Waals surface area (Å²) in [6.07, 6.45) is 1.81. The van der Waals surface area contributed by atoms with Crippen LogP contribution in [-0.4, -0.2) is 25.6 Å². The highest BCUT2D eigenvalue weighted by Crippen LogP contribution is 2.17. The van der Waals surface area contributed by atoms with E-state index >= 15 is 0 Å². The fraction of sp³-hybridized carbons (Fsp3) is 0. The molecule has 2 heterocycles. The molecule has 0 spiro atoms. The van der Waals surface area contributed by atoms with Crippen molar-refractivity contribution in [3.8, 4) is 11.5 Å². The Hall–Kier alpha value is -2.30. The predicted octanol–water partition coefficient (Wildman–Crippen LogP) is 1.41. The second-order valence-electron chi connectivity index (χ2n) is 3.15. The van der Waals surface area contributed by atoms with E-state index in [2.05, 4.69) is 25.6 Å². The standard InChI is InChI=1S/C10H7N5/c1-2-4-8-6-11-9(5-7(8)3-1)10-12-14-15-13-10/h1-6H,(H,12,13,14,15). The van der Waals surface area contributed by atoms with Crippen LogP contribution in [0.1, 0.15) is 0 Å². The van der Waals surface area contributed by atoms with Gasteiger partial charge in [-0.1, -0.05) is 24.3 Å². The number of aromatic nitrogens is 5. The van der Waals surface area contributed by atoms with Crippen molar-refractivity contribution in [2.24, 2.45) is 0 Å². The lowest BCUT2D eigenvalue weighted by Gasteiger charge is -1.97. The van der Waals surface area contributed by atoms with Gasteiger partial charge in [0, 0.05) is 11.6 Å². The minimum atomic E-state index is 0.515. The largest absolute Gasteiger partial charge is 0.252 e. The molecule has 0 unspecified atom stereocenters. The lowest BCUT2D eigenvalue weighted by molar-refractivity contribution is 0.881. The van der Waals surface area contributed by atoms with Crippen LogP contribution in [-0.2, 0) is 0 Å². The number of pyridine rings is 1. The molecule has 3 aromatic rings. The Morgan fingerprint density at radius 1 is 1.07 bits per heavy atom. The van der Waals surface area contributed by atoms with Gasteiger partial charge in [-0.15, -0.1) is 10.2 Å². The smallest absolute Gasteiger partial charge is 0.222 e. The molecular formula is C10H7N5. The number of aromatic amines is 1. The lowest BCUT2D eigenvalue weighted by Crippen LogP contribution is -1.86. The molecule has 0 radical (unpaired) electrons. The molecule has 5 nitrogen and oxygen atoms in total. The minimum Gasteiger partial charge on any atom is -0.252 e. The predicted molar refractivity (Wildman–Crippen MR) is 54.9 cm³/mol. The molecular weight excluding hydrogens is 190 g/mol. The Morgan fingerprint density at radius 3 is 2.73 bits per heavy atom. The Kier molecular flexibility index (Phi) is 1.68. The molecule has 0 amide bonds. The first-order chi connectivity index (χ1) is 7.43. The number of fused-ring (bicyclic) bond motifs is 1. The molecule has 15 heavy (non-hydrogen) atoms. The summed E-state index contributed by atoms with van der Waals surface area (Å²) in [6, 6.07) is 9.96. The topological polar surface area (TPSA) is 67.3 Å². The van der Waals surface area contributed by atoms with Gasteiger partial charge in [0.2, 0.25) is 5.82 Å². The van der Waals surface area contributed by atoms with E-state index in [1.165, 1.54) is 0 Å². The second kappa shape index (κ2) is 3.13. The summed E-state index contributed by atoms with van der Waals surface area (Å²) in [6.45, 7) is 0. The van der Waals surface area contributed by atoms with Gasteiger partial charge in [-0.25, -0.2) is 0 Å². The Labute approximate surface area is 85.2 Å². The summed E-state index contributed by atoms with van der Waals surface area (Å²) in [5, 5.41) is 15.9. The van der Waals surface area contributed by atoms with E-state index in [1.807, 2.05) is 30.3 Å². The number of H-pyrrole nitrogens is 1. The van der Waals surface area contributed by atoms with Crippen molar-refractivity contribution in [1.82, 2.24) is 25.6 Å². The molecule has 0 saturated heterocycles. The first-order valence-corrected chi connectivity index (χ1v) is 4.52. The van der Waals surface area contributed by atoms with Gasteiger partial charge in [0.15, 0.2) is 0 Å². The maximum absolute atomic E-state index is 4.26. The third-order valence-corrected chi connectivity index (χ3v) is 2.21.